The standard InChI is InChI=1S/C20H30O4/c1-4-5-6-7-8-9-10-16(21)19-18(23)13-17(22)15(20(19)24)12-11-14(2)3/h11,13,22-24H,4-10,12H2,1-3H3. The Kier molecular flexibility index (Phi) is 8.37. The third kappa shape index (κ3) is 5.91. The lowest BCUT2D eigenvalue weighted by Gasteiger charge is -2.12. The van der Waals surface area contributed by atoms with Crippen molar-refractivity contribution in [1.82, 2.24) is 0 Å². The van der Waals surface area contributed by atoms with Gasteiger partial charge in [0.15, 0.2) is 5.78 Å². The van der Waals surface area contributed by atoms with E-state index in [1.807, 2.05) is 19.9 Å². The number of carbonyl (C=O) groups excluding carboxylic acids is 1. The molecule has 0 bridgehead atoms. The molecule has 1 aromatic rings. The SMILES string of the molecule is CCCCCCCCC(=O)c1c(O)cc(O)c(CC=C(C)C)c1O. The predicted octanol–water partition coefficient (Wildman–Crippen LogP) is 5.25. The van der Waals surface area contributed by atoms with Gasteiger partial charge in [0.25, 0.3) is 0 Å². The first-order valence-electron chi connectivity index (χ1n) is 8.81. The van der Waals surface area contributed by atoms with Gasteiger partial charge in [-0.05, 0) is 26.7 Å². The van der Waals surface area contributed by atoms with E-state index in [2.05, 4.69) is 6.92 Å². The molecule has 1 aromatic carbocycles. The molecule has 0 saturated heterocycles. The molecule has 0 aliphatic rings. The summed E-state index contributed by atoms with van der Waals surface area (Å²) in [5.41, 5.74) is 1.25. The van der Waals surface area contributed by atoms with Crippen LogP contribution in [0.5, 0.6) is 17.2 Å². The Hall–Kier alpha value is -1.97. The number of Topliss-reactive ketones (excluding diaryl/α,β-unsaturated/α-hetero) is 1. The van der Waals surface area contributed by atoms with Gasteiger partial charge in [-0.2, -0.15) is 0 Å². The van der Waals surface area contributed by atoms with Crippen LogP contribution in [0.4, 0.5) is 0 Å². The number of hydrogen-bond donors (Lipinski definition) is 3. The highest BCUT2D eigenvalue weighted by Gasteiger charge is 2.21. The van der Waals surface area contributed by atoms with E-state index in [4.69, 9.17) is 0 Å². The number of hydrogen-bond acceptors (Lipinski definition) is 4. The van der Waals surface area contributed by atoms with E-state index < -0.39 is 0 Å². The van der Waals surface area contributed by atoms with E-state index in [1.165, 1.54) is 19.3 Å². The van der Waals surface area contributed by atoms with Crippen molar-refractivity contribution in [3.05, 3.63) is 28.8 Å². The second-order valence-electron chi connectivity index (χ2n) is 6.54. The van der Waals surface area contributed by atoms with Gasteiger partial charge in [-0.25, -0.2) is 0 Å². The van der Waals surface area contributed by atoms with Crippen molar-refractivity contribution < 1.29 is 20.1 Å². The van der Waals surface area contributed by atoms with Crippen LogP contribution in [0, 0.1) is 0 Å². The van der Waals surface area contributed by atoms with Crippen LogP contribution in [-0.4, -0.2) is 21.1 Å². The topological polar surface area (TPSA) is 77.8 Å². The lowest BCUT2D eigenvalue weighted by Crippen LogP contribution is -2.02. The lowest BCUT2D eigenvalue weighted by atomic mass is 9.97. The first-order chi connectivity index (χ1) is 11.4. The molecule has 24 heavy (non-hydrogen) atoms. The molecular weight excluding hydrogens is 304 g/mol. The minimum absolute atomic E-state index is 0.0708. The van der Waals surface area contributed by atoms with Crippen molar-refractivity contribution in [3.8, 4) is 17.2 Å². The number of ketones is 1. The zero-order valence-electron chi connectivity index (χ0n) is 15.1. The Morgan fingerprint density at radius 1 is 1.00 bits per heavy atom. The quantitative estimate of drug-likeness (QED) is 0.310. The molecule has 0 unspecified atom stereocenters. The summed E-state index contributed by atoms with van der Waals surface area (Å²) in [6, 6.07) is 1.14. The van der Waals surface area contributed by atoms with E-state index in [-0.39, 0.29) is 34.2 Å². The van der Waals surface area contributed by atoms with E-state index in [0.717, 1.165) is 30.9 Å². The largest absolute Gasteiger partial charge is 0.507 e. The smallest absolute Gasteiger partial charge is 0.170 e. The van der Waals surface area contributed by atoms with Crippen LogP contribution in [0.15, 0.2) is 17.7 Å². The van der Waals surface area contributed by atoms with Crippen molar-refractivity contribution in [2.75, 3.05) is 0 Å². The number of rotatable bonds is 10. The number of unbranched alkanes of at least 4 members (excludes halogenated alkanes) is 5. The number of aromatic hydroxyl groups is 3. The zero-order chi connectivity index (χ0) is 18.1. The van der Waals surface area contributed by atoms with Gasteiger partial charge in [0.1, 0.15) is 22.8 Å². The third-order valence-corrected chi connectivity index (χ3v) is 4.11. The number of benzene rings is 1. The number of carbonyl (C=O) groups is 1. The van der Waals surface area contributed by atoms with E-state index in [1.54, 1.807) is 0 Å². The van der Waals surface area contributed by atoms with Crippen LogP contribution in [0.25, 0.3) is 0 Å². The fourth-order valence-electron chi connectivity index (χ4n) is 2.66. The van der Waals surface area contributed by atoms with Crippen molar-refractivity contribution in [2.45, 2.75) is 72.1 Å². The fourth-order valence-corrected chi connectivity index (χ4v) is 2.66. The van der Waals surface area contributed by atoms with Gasteiger partial charge < -0.3 is 15.3 Å². The average Bonchev–Trinajstić information content (AvgIpc) is 2.49. The van der Waals surface area contributed by atoms with Crippen LogP contribution < -0.4 is 0 Å². The maximum Gasteiger partial charge on any atom is 0.170 e. The third-order valence-electron chi connectivity index (χ3n) is 4.11. The fraction of sp³-hybridized carbons (Fsp3) is 0.550. The highest BCUT2D eigenvalue weighted by Crippen LogP contribution is 2.38. The van der Waals surface area contributed by atoms with Gasteiger partial charge in [-0.1, -0.05) is 50.7 Å². The van der Waals surface area contributed by atoms with Crippen LogP contribution in [0.1, 0.15) is 81.6 Å². The van der Waals surface area contributed by atoms with Crippen LogP contribution in [0.2, 0.25) is 0 Å². The summed E-state index contributed by atoms with van der Waals surface area (Å²) in [5.74, 6) is -1.14. The summed E-state index contributed by atoms with van der Waals surface area (Å²) >= 11 is 0. The molecule has 0 fully saturated rings. The summed E-state index contributed by atoms with van der Waals surface area (Å²) in [4.78, 5) is 12.4. The normalized spacial score (nSPS) is 10.6. The molecule has 0 spiro atoms. The molecule has 0 amide bonds. The van der Waals surface area contributed by atoms with E-state index in [9.17, 15) is 20.1 Å². The Balaban J connectivity index is 2.80. The molecule has 134 valence electrons. The van der Waals surface area contributed by atoms with Gasteiger partial charge in [0.05, 0.1) is 0 Å². The maximum atomic E-state index is 12.4. The Morgan fingerprint density at radius 2 is 1.62 bits per heavy atom. The predicted molar refractivity (Wildman–Crippen MR) is 96.9 cm³/mol. The van der Waals surface area contributed by atoms with Crippen molar-refractivity contribution >= 4 is 5.78 Å². The first-order valence-corrected chi connectivity index (χ1v) is 8.81. The van der Waals surface area contributed by atoms with Gasteiger partial charge >= 0.3 is 0 Å². The number of phenols is 3. The average molecular weight is 334 g/mol. The number of phenolic OH excluding ortho intramolecular Hbond substituents is 3. The molecule has 4 heteroatoms. The summed E-state index contributed by atoms with van der Waals surface area (Å²) in [6.07, 6.45) is 8.84. The van der Waals surface area contributed by atoms with Crippen LogP contribution in [-0.2, 0) is 6.42 Å². The Morgan fingerprint density at radius 3 is 2.25 bits per heavy atom. The van der Waals surface area contributed by atoms with E-state index >= 15 is 0 Å². The molecule has 0 saturated carbocycles. The molecule has 3 N–H and O–H groups in total. The van der Waals surface area contributed by atoms with Gasteiger partial charge in [0.2, 0.25) is 0 Å². The monoisotopic (exact) mass is 334 g/mol. The molecule has 0 radical (unpaired) electrons. The molecule has 0 heterocycles. The highest BCUT2D eigenvalue weighted by molar-refractivity contribution is 6.01. The van der Waals surface area contributed by atoms with Gasteiger partial charge in [-0.15, -0.1) is 0 Å². The summed E-state index contributed by atoms with van der Waals surface area (Å²) in [7, 11) is 0. The molecule has 0 aliphatic carbocycles. The molecule has 4 nitrogen and oxygen atoms in total. The van der Waals surface area contributed by atoms with Crippen LogP contribution in [0.3, 0.4) is 0 Å². The maximum absolute atomic E-state index is 12.4. The molecule has 1 rings (SSSR count). The minimum atomic E-state index is -0.359. The highest BCUT2D eigenvalue weighted by atomic mass is 16.3. The van der Waals surface area contributed by atoms with Crippen LogP contribution >= 0.6 is 0 Å². The van der Waals surface area contributed by atoms with Gasteiger partial charge in [-0.3, -0.25) is 4.79 Å². The molecular formula is C20H30O4. The zero-order valence-corrected chi connectivity index (χ0v) is 15.1. The minimum Gasteiger partial charge on any atom is -0.507 e. The van der Waals surface area contributed by atoms with Crippen molar-refractivity contribution in [1.29, 1.82) is 0 Å². The second kappa shape index (κ2) is 10.0. The second-order valence-corrected chi connectivity index (χ2v) is 6.54. The number of allylic oxidation sites excluding steroid dienone is 2. The molecule has 0 atom stereocenters. The first kappa shape index (κ1) is 20.1. The molecule has 0 aromatic heterocycles. The van der Waals surface area contributed by atoms with Crippen molar-refractivity contribution in [3.63, 3.8) is 0 Å². The summed E-state index contributed by atoms with van der Waals surface area (Å²) in [6.45, 7) is 5.99. The summed E-state index contributed by atoms with van der Waals surface area (Å²) < 4.78 is 0. The lowest BCUT2D eigenvalue weighted by molar-refractivity contribution is 0.0973. The van der Waals surface area contributed by atoms with E-state index in [0.29, 0.717) is 12.8 Å². The Bertz CT molecular complexity index is 584. The molecule has 0 aliphatic heterocycles. The Labute approximate surface area is 144 Å². The summed E-state index contributed by atoms with van der Waals surface area (Å²) in [5, 5.41) is 30.2. The van der Waals surface area contributed by atoms with Crippen molar-refractivity contribution in [2.24, 2.45) is 0 Å². The van der Waals surface area contributed by atoms with Gasteiger partial charge in [0, 0.05) is 18.1 Å².